The second-order valence-corrected chi connectivity index (χ2v) is 7.37. The molecular formula is C16H28NO2+. The summed E-state index contributed by atoms with van der Waals surface area (Å²) in [5.74, 6) is 3.13. The molecule has 19 heavy (non-hydrogen) atoms. The summed E-state index contributed by atoms with van der Waals surface area (Å²) in [5, 5.41) is 2.17. The maximum atomic E-state index is 12.9. The SMILES string of the molecule is COCC[NH2+][C@H](C)C(=O)C12CC3CC(CC(C3)C1)C2. The molecule has 3 heteroatoms. The zero-order chi connectivity index (χ0) is 13.5. The van der Waals surface area contributed by atoms with Gasteiger partial charge in [-0.2, -0.15) is 0 Å². The third-order valence-corrected chi connectivity index (χ3v) is 5.82. The molecule has 4 fully saturated rings. The number of hydrogen-bond donors (Lipinski definition) is 1. The Morgan fingerprint density at radius 1 is 1.21 bits per heavy atom. The van der Waals surface area contributed by atoms with E-state index in [4.69, 9.17) is 4.74 Å². The molecule has 3 nitrogen and oxygen atoms in total. The van der Waals surface area contributed by atoms with Gasteiger partial charge in [-0.1, -0.05) is 0 Å². The average molecular weight is 266 g/mol. The van der Waals surface area contributed by atoms with Gasteiger partial charge in [-0.25, -0.2) is 0 Å². The number of ketones is 1. The van der Waals surface area contributed by atoms with Gasteiger partial charge in [-0.3, -0.25) is 4.79 Å². The molecule has 0 amide bonds. The zero-order valence-corrected chi connectivity index (χ0v) is 12.4. The van der Waals surface area contributed by atoms with Crippen LogP contribution in [0.25, 0.3) is 0 Å². The molecule has 2 N–H and O–H groups in total. The fraction of sp³-hybridized carbons (Fsp3) is 0.938. The third-order valence-electron chi connectivity index (χ3n) is 5.82. The van der Waals surface area contributed by atoms with Crippen LogP contribution in [0.3, 0.4) is 0 Å². The first-order valence-corrected chi connectivity index (χ1v) is 7.99. The van der Waals surface area contributed by atoms with E-state index in [1.165, 1.54) is 38.5 Å². The molecule has 0 aromatic heterocycles. The molecule has 108 valence electrons. The molecule has 4 bridgehead atoms. The highest BCUT2D eigenvalue weighted by atomic mass is 16.5. The van der Waals surface area contributed by atoms with Gasteiger partial charge in [0.25, 0.3) is 0 Å². The van der Waals surface area contributed by atoms with Crippen LogP contribution in [0.2, 0.25) is 0 Å². The van der Waals surface area contributed by atoms with Gasteiger partial charge >= 0.3 is 0 Å². The van der Waals surface area contributed by atoms with Crippen LogP contribution in [0.15, 0.2) is 0 Å². The van der Waals surface area contributed by atoms with Crippen molar-refractivity contribution >= 4 is 5.78 Å². The van der Waals surface area contributed by atoms with Crippen molar-refractivity contribution in [2.75, 3.05) is 20.3 Å². The molecule has 0 aromatic carbocycles. The van der Waals surface area contributed by atoms with Crippen molar-refractivity contribution in [3.05, 3.63) is 0 Å². The first-order chi connectivity index (χ1) is 9.13. The highest BCUT2D eigenvalue weighted by Crippen LogP contribution is 2.60. The van der Waals surface area contributed by atoms with Crippen LogP contribution in [-0.4, -0.2) is 32.1 Å². The normalized spacial score (nSPS) is 41.5. The molecule has 0 aromatic rings. The number of hydrogen-bond acceptors (Lipinski definition) is 2. The van der Waals surface area contributed by atoms with Gasteiger partial charge < -0.3 is 10.1 Å². The van der Waals surface area contributed by atoms with E-state index in [2.05, 4.69) is 12.2 Å². The number of carbonyl (C=O) groups excluding carboxylic acids is 1. The fourth-order valence-corrected chi connectivity index (χ4v) is 5.44. The monoisotopic (exact) mass is 266 g/mol. The van der Waals surface area contributed by atoms with Gasteiger partial charge in [0.2, 0.25) is 0 Å². The summed E-state index contributed by atoms with van der Waals surface area (Å²) >= 11 is 0. The lowest BCUT2D eigenvalue weighted by molar-refractivity contribution is -0.675. The molecule has 0 heterocycles. The summed E-state index contributed by atoms with van der Waals surface area (Å²) < 4.78 is 5.08. The Kier molecular flexibility index (Phi) is 3.69. The number of nitrogens with two attached hydrogens (primary N) is 1. The Balaban J connectivity index is 1.65. The van der Waals surface area contributed by atoms with Crippen LogP contribution < -0.4 is 5.32 Å². The Morgan fingerprint density at radius 2 is 1.74 bits per heavy atom. The van der Waals surface area contributed by atoms with Gasteiger partial charge in [0.05, 0.1) is 13.2 Å². The van der Waals surface area contributed by atoms with Crippen molar-refractivity contribution in [3.8, 4) is 0 Å². The van der Waals surface area contributed by atoms with Crippen molar-refractivity contribution in [3.63, 3.8) is 0 Å². The van der Waals surface area contributed by atoms with Crippen molar-refractivity contribution in [2.24, 2.45) is 23.2 Å². The van der Waals surface area contributed by atoms with E-state index in [1.807, 2.05) is 0 Å². The fourth-order valence-electron chi connectivity index (χ4n) is 5.44. The van der Waals surface area contributed by atoms with E-state index in [0.29, 0.717) is 5.78 Å². The molecule has 0 radical (unpaired) electrons. The van der Waals surface area contributed by atoms with E-state index < -0.39 is 0 Å². The Morgan fingerprint density at radius 3 is 2.21 bits per heavy atom. The topological polar surface area (TPSA) is 42.9 Å². The van der Waals surface area contributed by atoms with E-state index in [-0.39, 0.29) is 11.5 Å². The molecule has 4 aliphatic carbocycles. The van der Waals surface area contributed by atoms with Crippen molar-refractivity contribution in [2.45, 2.75) is 51.5 Å². The summed E-state index contributed by atoms with van der Waals surface area (Å²) in [7, 11) is 1.72. The minimum absolute atomic E-state index is 0.0672. The van der Waals surface area contributed by atoms with E-state index in [1.54, 1.807) is 7.11 Å². The molecule has 1 atom stereocenters. The summed E-state index contributed by atoms with van der Waals surface area (Å²) in [6.07, 6.45) is 7.82. The third kappa shape index (κ3) is 2.47. The number of quaternary nitrogens is 1. The molecule has 4 saturated carbocycles. The maximum absolute atomic E-state index is 12.9. The van der Waals surface area contributed by atoms with Gasteiger partial charge in [-0.15, -0.1) is 0 Å². The minimum Gasteiger partial charge on any atom is -0.379 e. The highest BCUT2D eigenvalue weighted by molar-refractivity contribution is 5.88. The largest absolute Gasteiger partial charge is 0.379 e. The van der Waals surface area contributed by atoms with Gasteiger partial charge in [0.1, 0.15) is 6.04 Å². The maximum Gasteiger partial charge on any atom is 0.195 e. The Labute approximate surface area is 116 Å². The number of ether oxygens (including phenoxy) is 1. The van der Waals surface area contributed by atoms with E-state index in [9.17, 15) is 4.79 Å². The van der Waals surface area contributed by atoms with Crippen LogP contribution in [0, 0.1) is 23.2 Å². The molecule has 0 unspecified atom stereocenters. The van der Waals surface area contributed by atoms with Crippen LogP contribution in [0.5, 0.6) is 0 Å². The van der Waals surface area contributed by atoms with E-state index >= 15 is 0 Å². The second-order valence-electron chi connectivity index (χ2n) is 7.37. The lowest BCUT2D eigenvalue weighted by Crippen LogP contribution is -2.92. The van der Waals surface area contributed by atoms with Crippen LogP contribution in [0.4, 0.5) is 0 Å². The van der Waals surface area contributed by atoms with Crippen LogP contribution >= 0.6 is 0 Å². The lowest BCUT2D eigenvalue weighted by Gasteiger charge is -2.56. The number of Topliss-reactive ketones (excluding diaryl/α,β-unsaturated/α-hetero) is 1. The highest BCUT2D eigenvalue weighted by Gasteiger charge is 2.55. The molecule has 0 saturated heterocycles. The minimum atomic E-state index is 0.0672. The first-order valence-electron chi connectivity index (χ1n) is 7.99. The number of carbonyl (C=O) groups is 1. The molecule has 0 aliphatic heterocycles. The van der Waals surface area contributed by atoms with Gasteiger partial charge in [0, 0.05) is 12.5 Å². The Bertz CT molecular complexity index is 317. The summed E-state index contributed by atoms with van der Waals surface area (Å²) in [4.78, 5) is 12.9. The van der Waals surface area contributed by atoms with Crippen LogP contribution in [-0.2, 0) is 9.53 Å². The van der Waals surface area contributed by atoms with Crippen molar-refractivity contribution in [1.29, 1.82) is 0 Å². The number of rotatable bonds is 6. The van der Waals surface area contributed by atoms with Crippen molar-refractivity contribution in [1.82, 2.24) is 0 Å². The first kappa shape index (κ1) is 13.6. The van der Waals surface area contributed by atoms with E-state index in [0.717, 1.165) is 30.9 Å². The summed E-state index contributed by atoms with van der Waals surface area (Å²) in [5.41, 5.74) is 0.0672. The zero-order valence-electron chi connectivity index (χ0n) is 12.4. The Hall–Kier alpha value is -0.410. The molecule has 4 rings (SSSR count). The second kappa shape index (κ2) is 5.17. The smallest absolute Gasteiger partial charge is 0.195 e. The summed E-state index contributed by atoms with van der Waals surface area (Å²) in [6, 6.07) is 0.117. The molecule has 0 spiro atoms. The summed E-state index contributed by atoms with van der Waals surface area (Å²) in [6.45, 7) is 3.73. The predicted molar refractivity (Wildman–Crippen MR) is 73.7 cm³/mol. The van der Waals surface area contributed by atoms with Crippen molar-refractivity contribution < 1.29 is 14.8 Å². The van der Waals surface area contributed by atoms with Gasteiger partial charge in [0.15, 0.2) is 5.78 Å². The molecule has 4 aliphatic rings. The average Bonchev–Trinajstić information content (AvgIpc) is 2.36. The predicted octanol–water partition coefficient (Wildman–Crippen LogP) is 1.37. The standard InChI is InChI=1S/C16H27NO2/c1-11(17-3-4-19-2)15(18)16-8-12-5-13(9-16)7-14(6-12)10-16/h11-14,17H,3-10H2,1-2H3/p+1/t11-,12?,13?,14?,16?/m1/s1. The number of methoxy groups -OCH3 is 1. The quantitative estimate of drug-likeness (QED) is 0.738. The van der Waals surface area contributed by atoms with Crippen LogP contribution in [0.1, 0.15) is 45.4 Å². The van der Waals surface area contributed by atoms with Gasteiger partial charge in [-0.05, 0) is 63.2 Å². The lowest BCUT2D eigenvalue weighted by atomic mass is 9.48. The molecular weight excluding hydrogens is 238 g/mol.